The molecule has 0 radical (unpaired) electrons. The molecule has 2 aromatic rings. The molecule has 0 spiro atoms. The Balaban J connectivity index is 2.09. The third-order valence-corrected chi connectivity index (χ3v) is 4.00. The molecule has 0 aliphatic heterocycles. The van der Waals surface area contributed by atoms with Crippen molar-refractivity contribution in [2.75, 3.05) is 0 Å². The van der Waals surface area contributed by atoms with Crippen LogP contribution in [0.15, 0.2) is 24.3 Å². The van der Waals surface area contributed by atoms with E-state index in [0.29, 0.717) is 6.54 Å². The van der Waals surface area contributed by atoms with Gasteiger partial charge < -0.3 is 0 Å². The molecule has 1 aromatic carbocycles. The van der Waals surface area contributed by atoms with Crippen LogP contribution in [0, 0.1) is 0 Å². The van der Waals surface area contributed by atoms with Gasteiger partial charge in [0.25, 0.3) is 0 Å². The van der Waals surface area contributed by atoms with Crippen LogP contribution in [0.3, 0.4) is 0 Å². The lowest BCUT2D eigenvalue weighted by molar-refractivity contribution is 0.737. The van der Waals surface area contributed by atoms with Crippen LogP contribution in [0.5, 0.6) is 0 Å². The van der Waals surface area contributed by atoms with E-state index in [1.165, 1.54) is 16.0 Å². The Labute approximate surface area is 98.3 Å². The van der Waals surface area contributed by atoms with Gasteiger partial charge in [0, 0.05) is 10.4 Å². The summed E-state index contributed by atoms with van der Waals surface area (Å²) < 4.78 is 0. The number of hydrogen-bond donors (Lipinski definition) is 2. The zero-order valence-electron chi connectivity index (χ0n) is 8.86. The maximum atomic E-state index is 5.33. The summed E-state index contributed by atoms with van der Waals surface area (Å²) in [6, 6.07) is 8.53. The van der Waals surface area contributed by atoms with Crippen molar-refractivity contribution in [2.45, 2.75) is 19.4 Å². The first kappa shape index (κ1) is 9.96. The Morgan fingerprint density at radius 2 is 2.19 bits per heavy atom. The third-order valence-electron chi connectivity index (χ3n) is 2.89. The molecular formula is C12H13N3S. The minimum Gasteiger partial charge on any atom is -0.271 e. The summed E-state index contributed by atoms with van der Waals surface area (Å²) in [5, 5.41) is 1.07. The third kappa shape index (κ3) is 1.55. The zero-order chi connectivity index (χ0) is 11.0. The molecule has 0 saturated carbocycles. The average Bonchev–Trinajstić information content (AvgIpc) is 2.72. The summed E-state index contributed by atoms with van der Waals surface area (Å²) in [6.07, 6.45) is 2.23. The lowest BCUT2D eigenvalue weighted by Crippen LogP contribution is -2.20. The number of aryl methyl sites for hydroxylation is 2. The first-order valence-corrected chi connectivity index (χ1v) is 6.20. The highest BCUT2D eigenvalue weighted by Crippen LogP contribution is 2.35. The highest BCUT2D eigenvalue weighted by molar-refractivity contribution is 7.12. The minimum atomic E-state index is 0.653. The van der Waals surface area contributed by atoms with Gasteiger partial charge in [-0.3, -0.25) is 11.3 Å². The van der Waals surface area contributed by atoms with Gasteiger partial charge in [-0.1, -0.05) is 24.3 Å². The number of thiazole rings is 1. The molecule has 0 fully saturated rings. The summed E-state index contributed by atoms with van der Waals surface area (Å²) >= 11 is 1.77. The summed E-state index contributed by atoms with van der Waals surface area (Å²) in [4.78, 5) is 6.05. The van der Waals surface area contributed by atoms with E-state index in [-0.39, 0.29) is 0 Å². The van der Waals surface area contributed by atoms with E-state index in [2.05, 4.69) is 34.7 Å². The van der Waals surface area contributed by atoms with Gasteiger partial charge in [0.2, 0.25) is 0 Å². The van der Waals surface area contributed by atoms with Crippen molar-refractivity contribution in [3.05, 3.63) is 39.7 Å². The molecule has 82 valence electrons. The highest BCUT2D eigenvalue weighted by atomic mass is 32.1. The highest BCUT2D eigenvalue weighted by Gasteiger charge is 2.19. The fraction of sp³-hybridized carbons (Fsp3) is 0.250. The fourth-order valence-corrected chi connectivity index (χ4v) is 3.19. The maximum Gasteiger partial charge on any atom is 0.109 e. The second-order valence-corrected chi connectivity index (χ2v) is 5.09. The number of rotatable bonds is 2. The summed E-state index contributed by atoms with van der Waals surface area (Å²) in [7, 11) is 0. The molecule has 3 N–H and O–H groups in total. The molecule has 3 nitrogen and oxygen atoms in total. The van der Waals surface area contributed by atoms with Crippen molar-refractivity contribution in [1.29, 1.82) is 0 Å². The van der Waals surface area contributed by atoms with E-state index in [4.69, 9.17) is 5.84 Å². The molecule has 1 aromatic heterocycles. The number of hydrogen-bond acceptors (Lipinski definition) is 4. The normalized spacial score (nSPS) is 13.3. The number of aromatic nitrogens is 1. The van der Waals surface area contributed by atoms with Gasteiger partial charge in [0.15, 0.2) is 0 Å². The van der Waals surface area contributed by atoms with Crippen molar-refractivity contribution in [1.82, 2.24) is 10.4 Å². The Hall–Kier alpha value is -1.23. The zero-order valence-corrected chi connectivity index (χ0v) is 9.68. The smallest absolute Gasteiger partial charge is 0.109 e. The summed E-state index contributed by atoms with van der Waals surface area (Å²) in [6.45, 7) is 0.653. The van der Waals surface area contributed by atoms with Crippen LogP contribution in [0.1, 0.15) is 15.4 Å². The fourth-order valence-electron chi connectivity index (χ4n) is 2.16. The van der Waals surface area contributed by atoms with E-state index >= 15 is 0 Å². The number of fused-ring (bicyclic) bond motifs is 3. The van der Waals surface area contributed by atoms with Crippen molar-refractivity contribution in [2.24, 2.45) is 5.84 Å². The largest absolute Gasteiger partial charge is 0.271 e. The molecule has 0 saturated heterocycles. The quantitative estimate of drug-likeness (QED) is 0.613. The Morgan fingerprint density at radius 1 is 1.31 bits per heavy atom. The van der Waals surface area contributed by atoms with Crippen molar-refractivity contribution in [3.8, 4) is 11.3 Å². The maximum absolute atomic E-state index is 5.33. The SMILES string of the molecule is NNCc1nc2c(s1)CCc1ccccc1-2. The monoisotopic (exact) mass is 231 g/mol. The molecule has 4 heteroatoms. The molecule has 1 aliphatic carbocycles. The van der Waals surface area contributed by atoms with E-state index in [9.17, 15) is 0 Å². The van der Waals surface area contributed by atoms with Gasteiger partial charge in [0.1, 0.15) is 5.01 Å². The van der Waals surface area contributed by atoms with Gasteiger partial charge in [-0.25, -0.2) is 4.98 Å². The van der Waals surface area contributed by atoms with E-state index in [0.717, 1.165) is 23.5 Å². The van der Waals surface area contributed by atoms with Gasteiger partial charge >= 0.3 is 0 Å². The van der Waals surface area contributed by atoms with Gasteiger partial charge in [0.05, 0.1) is 12.2 Å². The first-order chi connectivity index (χ1) is 7.88. The average molecular weight is 231 g/mol. The second-order valence-electron chi connectivity index (χ2n) is 3.92. The minimum absolute atomic E-state index is 0.653. The van der Waals surface area contributed by atoms with Crippen molar-refractivity contribution in [3.63, 3.8) is 0 Å². The van der Waals surface area contributed by atoms with Gasteiger partial charge in [-0.05, 0) is 18.4 Å². The number of benzene rings is 1. The van der Waals surface area contributed by atoms with Crippen LogP contribution in [0.2, 0.25) is 0 Å². The molecule has 0 unspecified atom stereocenters. The Morgan fingerprint density at radius 3 is 3.06 bits per heavy atom. The number of nitrogens with zero attached hydrogens (tertiary/aromatic N) is 1. The second kappa shape index (κ2) is 3.97. The topological polar surface area (TPSA) is 50.9 Å². The molecule has 0 amide bonds. The standard InChI is InChI=1S/C12H13N3S/c13-14-7-11-15-12-9-4-2-1-3-8(9)5-6-10(12)16-11/h1-4,14H,5-7,13H2. The summed E-state index contributed by atoms with van der Waals surface area (Å²) in [5.41, 5.74) is 6.53. The van der Waals surface area contributed by atoms with Gasteiger partial charge in [-0.2, -0.15) is 0 Å². The molecule has 3 rings (SSSR count). The molecule has 16 heavy (non-hydrogen) atoms. The van der Waals surface area contributed by atoms with Crippen LogP contribution in [0.25, 0.3) is 11.3 Å². The van der Waals surface area contributed by atoms with E-state index in [1.807, 2.05) is 0 Å². The summed E-state index contributed by atoms with van der Waals surface area (Å²) in [5.74, 6) is 5.33. The molecule has 0 atom stereocenters. The Bertz CT molecular complexity index is 519. The van der Waals surface area contributed by atoms with Gasteiger partial charge in [-0.15, -0.1) is 11.3 Å². The predicted octanol–water partition coefficient (Wildman–Crippen LogP) is 1.87. The van der Waals surface area contributed by atoms with Crippen LogP contribution >= 0.6 is 11.3 Å². The van der Waals surface area contributed by atoms with Crippen LogP contribution < -0.4 is 11.3 Å². The predicted molar refractivity (Wildman–Crippen MR) is 66.0 cm³/mol. The molecule has 1 heterocycles. The van der Waals surface area contributed by atoms with Crippen LogP contribution in [-0.2, 0) is 19.4 Å². The van der Waals surface area contributed by atoms with E-state index in [1.54, 1.807) is 11.3 Å². The molecule has 1 aliphatic rings. The number of nitrogens with two attached hydrogens (primary N) is 1. The van der Waals surface area contributed by atoms with E-state index < -0.39 is 0 Å². The van der Waals surface area contributed by atoms with Crippen LogP contribution in [-0.4, -0.2) is 4.98 Å². The van der Waals surface area contributed by atoms with Crippen molar-refractivity contribution < 1.29 is 0 Å². The lowest BCUT2D eigenvalue weighted by Gasteiger charge is -2.13. The number of hydrazine groups is 1. The molecule has 0 bridgehead atoms. The number of nitrogens with one attached hydrogen (secondary N) is 1. The first-order valence-electron chi connectivity index (χ1n) is 5.39. The lowest BCUT2D eigenvalue weighted by atomic mass is 9.94. The van der Waals surface area contributed by atoms with Crippen molar-refractivity contribution >= 4 is 11.3 Å². The Kier molecular flexibility index (Phi) is 2.47. The molecular weight excluding hydrogens is 218 g/mol. The van der Waals surface area contributed by atoms with Crippen LogP contribution in [0.4, 0.5) is 0 Å².